The number of benzene rings is 3. The van der Waals surface area contributed by atoms with Gasteiger partial charge in [-0.2, -0.15) is 0 Å². The molecule has 0 N–H and O–H groups in total. The van der Waals surface area contributed by atoms with Crippen molar-refractivity contribution in [3.8, 4) is 0 Å². The Kier molecular flexibility index (Phi) is 1.76. The van der Waals surface area contributed by atoms with Crippen molar-refractivity contribution in [3.05, 3.63) is 59.3 Å². The summed E-state index contributed by atoms with van der Waals surface area (Å²) >= 11 is 0. The standard InChI is InChI=1S/C17H10O/c18-14-8-7-12-9-13-5-1-3-11-4-2-6-15(17(11)13)16(12)10-14/h1-10H. The Labute approximate surface area is 104 Å². The van der Waals surface area contributed by atoms with Crippen LogP contribution in [0.25, 0.3) is 33.7 Å². The van der Waals surface area contributed by atoms with Crippen molar-refractivity contribution in [3.63, 3.8) is 0 Å². The molecule has 0 bridgehead atoms. The molecule has 1 heteroatoms. The fraction of sp³-hybridized carbons (Fsp3) is 0. The Balaban J connectivity index is 2.37. The zero-order valence-electron chi connectivity index (χ0n) is 9.68. The lowest BCUT2D eigenvalue weighted by Gasteiger charge is -2.10. The zero-order valence-corrected chi connectivity index (χ0v) is 9.68. The van der Waals surface area contributed by atoms with Gasteiger partial charge in [0.1, 0.15) is 0 Å². The molecule has 0 saturated carbocycles. The highest BCUT2D eigenvalue weighted by Crippen LogP contribution is 2.26. The van der Waals surface area contributed by atoms with Crippen molar-refractivity contribution in [1.29, 1.82) is 0 Å². The molecule has 0 amide bonds. The first-order chi connectivity index (χ1) is 8.83. The van der Waals surface area contributed by atoms with Crippen molar-refractivity contribution in [2.45, 2.75) is 0 Å². The van der Waals surface area contributed by atoms with E-state index in [1.165, 1.54) is 21.5 Å². The molecule has 18 heavy (non-hydrogen) atoms. The lowest BCUT2D eigenvalue weighted by atomic mass is 9.93. The highest BCUT2D eigenvalue weighted by molar-refractivity contribution is 6.20. The molecule has 0 saturated heterocycles. The molecule has 1 nitrogen and oxygen atoms in total. The first kappa shape index (κ1) is 9.60. The van der Waals surface area contributed by atoms with Crippen molar-refractivity contribution in [2.24, 2.45) is 0 Å². The Morgan fingerprint density at radius 3 is 2.50 bits per heavy atom. The summed E-state index contributed by atoms with van der Waals surface area (Å²) in [6.45, 7) is 0. The lowest BCUT2D eigenvalue weighted by molar-refractivity contribution is -0.109. The van der Waals surface area contributed by atoms with Gasteiger partial charge in [-0.3, -0.25) is 4.79 Å². The topological polar surface area (TPSA) is 17.1 Å². The third-order valence-corrected chi connectivity index (χ3v) is 3.56. The van der Waals surface area contributed by atoms with Gasteiger partial charge in [-0.15, -0.1) is 0 Å². The summed E-state index contributed by atoms with van der Waals surface area (Å²) in [6.07, 6.45) is 5.27. The third kappa shape index (κ3) is 1.19. The predicted octanol–water partition coefficient (Wildman–Crippen LogP) is 3.09. The molecule has 0 aliphatic heterocycles. The largest absolute Gasteiger partial charge is 0.290 e. The molecule has 84 valence electrons. The average molecular weight is 230 g/mol. The molecular weight excluding hydrogens is 220 g/mol. The zero-order chi connectivity index (χ0) is 12.1. The highest BCUT2D eigenvalue weighted by atomic mass is 16.1. The van der Waals surface area contributed by atoms with Gasteiger partial charge in [-0.25, -0.2) is 0 Å². The molecule has 3 aromatic rings. The minimum Gasteiger partial charge on any atom is -0.290 e. The monoisotopic (exact) mass is 230 g/mol. The first-order valence-corrected chi connectivity index (χ1v) is 6.01. The second-order valence-electron chi connectivity index (χ2n) is 4.64. The molecule has 1 aliphatic rings. The van der Waals surface area contributed by atoms with E-state index in [1.807, 2.05) is 12.1 Å². The van der Waals surface area contributed by atoms with Crippen molar-refractivity contribution >= 4 is 39.5 Å². The second kappa shape index (κ2) is 3.30. The van der Waals surface area contributed by atoms with Crippen LogP contribution in [0.2, 0.25) is 0 Å². The van der Waals surface area contributed by atoms with E-state index in [1.54, 1.807) is 12.2 Å². The van der Waals surface area contributed by atoms with E-state index < -0.39 is 0 Å². The van der Waals surface area contributed by atoms with Gasteiger partial charge in [0.05, 0.1) is 0 Å². The Bertz CT molecular complexity index is 880. The van der Waals surface area contributed by atoms with Crippen LogP contribution in [-0.4, -0.2) is 5.78 Å². The average Bonchev–Trinajstić information content (AvgIpc) is 2.40. The van der Waals surface area contributed by atoms with Crippen LogP contribution in [0.1, 0.15) is 5.56 Å². The predicted molar refractivity (Wildman–Crippen MR) is 75.2 cm³/mol. The van der Waals surface area contributed by atoms with Gasteiger partial charge in [0.15, 0.2) is 5.78 Å². The van der Waals surface area contributed by atoms with Gasteiger partial charge in [0.2, 0.25) is 0 Å². The van der Waals surface area contributed by atoms with Crippen LogP contribution < -0.4 is 5.22 Å². The summed E-state index contributed by atoms with van der Waals surface area (Å²) in [4.78, 5) is 11.6. The maximum Gasteiger partial charge on any atom is 0.179 e. The minimum atomic E-state index is 0.0681. The summed E-state index contributed by atoms with van der Waals surface area (Å²) in [7, 11) is 0. The number of carbonyl (C=O) groups excluding carboxylic acids is 1. The number of fused-ring (bicyclic) bond motifs is 2. The minimum absolute atomic E-state index is 0.0681. The van der Waals surface area contributed by atoms with Gasteiger partial charge in [0.25, 0.3) is 0 Å². The summed E-state index contributed by atoms with van der Waals surface area (Å²) < 4.78 is 0. The lowest BCUT2D eigenvalue weighted by Crippen LogP contribution is -2.13. The smallest absolute Gasteiger partial charge is 0.179 e. The van der Waals surface area contributed by atoms with Crippen LogP contribution in [0, 0.1) is 0 Å². The van der Waals surface area contributed by atoms with Crippen molar-refractivity contribution in [1.82, 2.24) is 0 Å². The summed E-state index contributed by atoms with van der Waals surface area (Å²) in [5, 5.41) is 5.92. The molecule has 0 heterocycles. The van der Waals surface area contributed by atoms with E-state index in [-0.39, 0.29) is 5.78 Å². The maximum atomic E-state index is 11.6. The van der Waals surface area contributed by atoms with Crippen molar-refractivity contribution < 1.29 is 4.79 Å². The van der Waals surface area contributed by atoms with Crippen LogP contribution in [0.3, 0.4) is 0 Å². The maximum absolute atomic E-state index is 11.6. The number of hydrogen-bond acceptors (Lipinski definition) is 1. The van der Waals surface area contributed by atoms with Gasteiger partial charge in [-0.05, 0) is 50.5 Å². The molecule has 0 spiro atoms. The van der Waals surface area contributed by atoms with E-state index in [0.717, 1.165) is 10.8 Å². The first-order valence-electron chi connectivity index (χ1n) is 6.01. The molecule has 3 aromatic carbocycles. The molecule has 0 unspecified atom stereocenters. The number of ketones is 1. The van der Waals surface area contributed by atoms with E-state index in [9.17, 15) is 4.79 Å². The van der Waals surface area contributed by atoms with Crippen molar-refractivity contribution in [2.75, 3.05) is 0 Å². The molecule has 0 atom stereocenters. The summed E-state index contributed by atoms with van der Waals surface area (Å²) in [5.74, 6) is 0.0681. The Hall–Kier alpha value is -2.41. The number of allylic oxidation sites excluding steroid dienone is 1. The van der Waals surface area contributed by atoms with Crippen LogP contribution in [-0.2, 0) is 4.79 Å². The van der Waals surface area contributed by atoms with E-state index in [0.29, 0.717) is 0 Å². The fourth-order valence-corrected chi connectivity index (χ4v) is 2.78. The SMILES string of the molecule is O=C1C=Cc2cc3cccc4cccc(c2=C1)c43. The van der Waals surface area contributed by atoms with Gasteiger partial charge in [-0.1, -0.05) is 42.5 Å². The summed E-state index contributed by atoms with van der Waals surface area (Å²) in [6, 6.07) is 14.7. The van der Waals surface area contributed by atoms with Crippen LogP contribution in [0.15, 0.2) is 48.5 Å². The molecular formula is C17H10O. The van der Waals surface area contributed by atoms with Gasteiger partial charge in [0, 0.05) is 0 Å². The molecule has 0 fully saturated rings. The van der Waals surface area contributed by atoms with E-state index >= 15 is 0 Å². The third-order valence-electron chi connectivity index (χ3n) is 3.56. The Morgan fingerprint density at radius 2 is 1.61 bits per heavy atom. The number of carbonyl (C=O) groups is 1. The normalized spacial score (nSPS) is 13.9. The van der Waals surface area contributed by atoms with E-state index in [2.05, 4.69) is 36.4 Å². The summed E-state index contributed by atoms with van der Waals surface area (Å²) in [5.41, 5.74) is 1.13. The molecule has 0 radical (unpaired) electrons. The highest BCUT2D eigenvalue weighted by Gasteiger charge is 2.09. The van der Waals surface area contributed by atoms with Crippen LogP contribution >= 0.6 is 0 Å². The fourth-order valence-electron chi connectivity index (χ4n) is 2.78. The Morgan fingerprint density at radius 1 is 0.833 bits per heavy atom. The number of hydrogen-bond donors (Lipinski definition) is 0. The molecule has 1 aliphatic carbocycles. The van der Waals surface area contributed by atoms with E-state index in [4.69, 9.17) is 0 Å². The second-order valence-corrected chi connectivity index (χ2v) is 4.64. The number of rotatable bonds is 0. The van der Waals surface area contributed by atoms with Gasteiger partial charge >= 0.3 is 0 Å². The molecule has 0 aromatic heterocycles. The van der Waals surface area contributed by atoms with Gasteiger partial charge < -0.3 is 0 Å². The quantitative estimate of drug-likeness (QED) is 0.580. The molecule has 4 rings (SSSR count). The van der Waals surface area contributed by atoms with Crippen LogP contribution in [0.4, 0.5) is 0 Å². The van der Waals surface area contributed by atoms with Crippen LogP contribution in [0.5, 0.6) is 0 Å².